The van der Waals surface area contributed by atoms with Crippen molar-refractivity contribution in [2.24, 2.45) is 5.92 Å². The van der Waals surface area contributed by atoms with Crippen molar-refractivity contribution < 1.29 is 14.3 Å². The van der Waals surface area contributed by atoms with Crippen LogP contribution in [0.5, 0.6) is 0 Å². The zero-order valence-electron chi connectivity index (χ0n) is 18.5. The Labute approximate surface area is 192 Å². The fraction of sp³-hybridized carbons (Fsp3) is 0.360. The molecule has 2 aromatic carbocycles. The maximum absolute atomic E-state index is 13.3. The molecular weight excluding hydrogens is 418 g/mol. The lowest BCUT2D eigenvalue weighted by molar-refractivity contribution is -0.141. The Hall–Kier alpha value is -3.52. The Bertz CT molecular complexity index is 1040. The summed E-state index contributed by atoms with van der Waals surface area (Å²) >= 11 is 0. The van der Waals surface area contributed by atoms with Crippen molar-refractivity contribution in [3.05, 3.63) is 66.5 Å². The van der Waals surface area contributed by atoms with Gasteiger partial charge in [-0.25, -0.2) is 9.67 Å². The number of carbonyl (C=O) groups excluding carboxylic acids is 2. The largest absolute Gasteiger partial charge is 0.378 e. The third kappa shape index (κ3) is 4.52. The minimum Gasteiger partial charge on any atom is -0.378 e. The first-order valence-corrected chi connectivity index (χ1v) is 11.4. The number of hydrogen-bond donors (Lipinski definition) is 0. The summed E-state index contributed by atoms with van der Waals surface area (Å²) in [5, 5.41) is 4.58. The molecule has 8 nitrogen and oxygen atoms in total. The molecule has 2 aliphatic heterocycles. The zero-order chi connectivity index (χ0) is 22.6. The van der Waals surface area contributed by atoms with Gasteiger partial charge in [0.1, 0.15) is 0 Å². The maximum atomic E-state index is 13.3. The normalized spacial score (nSPS) is 17.2. The van der Waals surface area contributed by atoms with Crippen LogP contribution in [0.4, 0.5) is 0 Å². The molecule has 0 unspecified atom stereocenters. The monoisotopic (exact) mass is 445 g/mol. The van der Waals surface area contributed by atoms with Crippen LogP contribution in [0.2, 0.25) is 0 Å². The van der Waals surface area contributed by atoms with Crippen molar-refractivity contribution in [1.29, 1.82) is 0 Å². The Balaban J connectivity index is 1.33. The van der Waals surface area contributed by atoms with E-state index >= 15 is 0 Å². The van der Waals surface area contributed by atoms with E-state index in [0.717, 1.165) is 11.3 Å². The van der Waals surface area contributed by atoms with Crippen LogP contribution in [0.25, 0.3) is 17.1 Å². The van der Waals surface area contributed by atoms with Gasteiger partial charge in [-0.05, 0) is 25.0 Å². The molecule has 2 fully saturated rings. The second-order valence-electron chi connectivity index (χ2n) is 8.38. The SMILES string of the molecule is O=C(c1nc(-c2ccccc2)n(-c2ccccc2)n1)N1CCC(C(=O)N2CCOCC2)CC1. The topological polar surface area (TPSA) is 80.6 Å². The number of hydrogen-bond acceptors (Lipinski definition) is 5. The third-order valence-electron chi connectivity index (χ3n) is 6.29. The molecule has 2 amide bonds. The predicted octanol–water partition coefficient (Wildman–Crippen LogP) is 2.65. The summed E-state index contributed by atoms with van der Waals surface area (Å²) in [5.74, 6) is 0.752. The minimum atomic E-state index is -0.195. The number of benzene rings is 2. The number of rotatable bonds is 4. The number of ether oxygens (including phenoxy) is 1. The quantitative estimate of drug-likeness (QED) is 0.617. The average molecular weight is 446 g/mol. The average Bonchev–Trinajstić information content (AvgIpc) is 3.35. The van der Waals surface area contributed by atoms with E-state index in [1.165, 1.54) is 0 Å². The van der Waals surface area contributed by atoms with E-state index in [1.54, 1.807) is 9.58 Å². The molecule has 2 saturated heterocycles. The van der Waals surface area contributed by atoms with Gasteiger partial charge in [-0.2, -0.15) is 0 Å². The molecule has 1 aromatic heterocycles. The summed E-state index contributed by atoms with van der Waals surface area (Å²) in [5.41, 5.74) is 1.74. The predicted molar refractivity (Wildman–Crippen MR) is 123 cm³/mol. The van der Waals surface area contributed by atoms with Crippen molar-refractivity contribution in [2.75, 3.05) is 39.4 Å². The summed E-state index contributed by atoms with van der Waals surface area (Å²) < 4.78 is 7.07. The molecule has 0 saturated carbocycles. The highest BCUT2D eigenvalue weighted by Crippen LogP contribution is 2.24. The lowest BCUT2D eigenvalue weighted by atomic mass is 9.95. The number of nitrogens with zero attached hydrogens (tertiary/aromatic N) is 5. The second-order valence-corrected chi connectivity index (χ2v) is 8.38. The number of piperidine rings is 1. The van der Waals surface area contributed by atoms with Crippen LogP contribution >= 0.6 is 0 Å². The van der Waals surface area contributed by atoms with Gasteiger partial charge >= 0.3 is 0 Å². The lowest BCUT2D eigenvalue weighted by Gasteiger charge is -2.35. The fourth-order valence-corrected chi connectivity index (χ4v) is 4.44. The Morgan fingerprint density at radius 3 is 2.12 bits per heavy atom. The summed E-state index contributed by atoms with van der Waals surface area (Å²) in [6.07, 6.45) is 1.32. The summed E-state index contributed by atoms with van der Waals surface area (Å²) in [7, 11) is 0. The van der Waals surface area contributed by atoms with Crippen molar-refractivity contribution in [3.63, 3.8) is 0 Å². The lowest BCUT2D eigenvalue weighted by Crippen LogP contribution is -2.47. The molecule has 8 heteroatoms. The molecule has 5 rings (SSSR count). The molecule has 3 aromatic rings. The Morgan fingerprint density at radius 2 is 1.45 bits per heavy atom. The minimum absolute atomic E-state index is 0.0399. The van der Waals surface area contributed by atoms with E-state index in [9.17, 15) is 9.59 Å². The van der Waals surface area contributed by atoms with Crippen LogP contribution in [0.3, 0.4) is 0 Å². The molecule has 0 N–H and O–H groups in total. The highest BCUT2D eigenvalue weighted by atomic mass is 16.5. The summed E-state index contributed by atoms with van der Waals surface area (Å²) in [6.45, 7) is 3.56. The Morgan fingerprint density at radius 1 is 0.818 bits per heavy atom. The third-order valence-corrected chi connectivity index (χ3v) is 6.29. The van der Waals surface area contributed by atoms with Crippen molar-refractivity contribution in [1.82, 2.24) is 24.6 Å². The van der Waals surface area contributed by atoms with Crippen molar-refractivity contribution in [3.8, 4) is 17.1 Å². The summed E-state index contributed by atoms with van der Waals surface area (Å²) in [6, 6.07) is 19.4. The van der Waals surface area contributed by atoms with Gasteiger partial charge < -0.3 is 14.5 Å². The Kier molecular flexibility index (Phi) is 6.17. The number of amides is 2. The molecule has 0 atom stereocenters. The van der Waals surface area contributed by atoms with Crippen LogP contribution in [-0.4, -0.2) is 75.8 Å². The zero-order valence-corrected chi connectivity index (χ0v) is 18.5. The van der Waals surface area contributed by atoms with E-state index in [2.05, 4.69) is 10.1 Å². The van der Waals surface area contributed by atoms with Gasteiger partial charge in [0.15, 0.2) is 5.82 Å². The van der Waals surface area contributed by atoms with Gasteiger partial charge in [0, 0.05) is 37.7 Å². The highest BCUT2D eigenvalue weighted by molar-refractivity contribution is 5.91. The van der Waals surface area contributed by atoms with Gasteiger partial charge in [-0.15, -0.1) is 5.10 Å². The van der Waals surface area contributed by atoms with Gasteiger partial charge in [0.05, 0.1) is 18.9 Å². The molecule has 0 radical (unpaired) electrons. The number of likely N-dealkylation sites (tertiary alicyclic amines) is 1. The molecule has 170 valence electrons. The van der Waals surface area contributed by atoms with Crippen LogP contribution in [0, 0.1) is 5.92 Å². The molecule has 2 aliphatic rings. The smallest absolute Gasteiger partial charge is 0.293 e. The number of morpholine rings is 1. The van der Waals surface area contributed by atoms with Crippen LogP contribution < -0.4 is 0 Å². The maximum Gasteiger partial charge on any atom is 0.293 e. The molecule has 0 spiro atoms. The molecule has 0 bridgehead atoms. The van der Waals surface area contributed by atoms with Gasteiger partial charge in [-0.3, -0.25) is 9.59 Å². The number of aromatic nitrogens is 3. The molecule has 33 heavy (non-hydrogen) atoms. The van der Waals surface area contributed by atoms with Gasteiger partial charge in [-0.1, -0.05) is 48.5 Å². The summed E-state index contributed by atoms with van der Waals surface area (Å²) in [4.78, 5) is 34.4. The number of para-hydroxylation sites is 1. The molecule has 0 aliphatic carbocycles. The second kappa shape index (κ2) is 9.54. The number of carbonyl (C=O) groups is 2. The molecule has 3 heterocycles. The van der Waals surface area contributed by atoms with E-state index in [1.807, 2.05) is 65.6 Å². The van der Waals surface area contributed by atoms with Gasteiger partial charge in [0.25, 0.3) is 5.91 Å². The van der Waals surface area contributed by atoms with Crippen LogP contribution in [0.15, 0.2) is 60.7 Å². The van der Waals surface area contributed by atoms with Crippen molar-refractivity contribution >= 4 is 11.8 Å². The molecular formula is C25H27N5O3. The van der Waals surface area contributed by atoms with E-state index in [4.69, 9.17) is 4.74 Å². The first-order valence-electron chi connectivity index (χ1n) is 11.4. The first kappa shape index (κ1) is 21.3. The van der Waals surface area contributed by atoms with Gasteiger partial charge in [0.2, 0.25) is 11.7 Å². The van der Waals surface area contributed by atoms with E-state index < -0.39 is 0 Å². The fourth-order valence-electron chi connectivity index (χ4n) is 4.44. The van der Waals surface area contributed by atoms with Crippen molar-refractivity contribution in [2.45, 2.75) is 12.8 Å². The first-order chi connectivity index (χ1) is 16.2. The van der Waals surface area contributed by atoms with E-state index in [-0.39, 0.29) is 23.6 Å². The van der Waals surface area contributed by atoms with Crippen LogP contribution in [0.1, 0.15) is 23.5 Å². The highest BCUT2D eigenvalue weighted by Gasteiger charge is 2.32. The standard InChI is InChI=1S/C25H27N5O3/c31-24(29-15-17-33-18-16-29)20-11-13-28(14-12-20)25(32)22-26-23(19-7-3-1-4-8-19)30(27-22)21-9-5-2-6-10-21/h1-10,20H,11-18H2. The van der Waals surface area contributed by atoms with Crippen LogP contribution in [-0.2, 0) is 9.53 Å². The van der Waals surface area contributed by atoms with E-state index in [0.29, 0.717) is 58.1 Å².